The van der Waals surface area contributed by atoms with Crippen LogP contribution in [0.2, 0.25) is 0 Å². The quantitative estimate of drug-likeness (QED) is 0.671. The van der Waals surface area contributed by atoms with E-state index in [0.717, 1.165) is 18.9 Å². The fourth-order valence-electron chi connectivity index (χ4n) is 0.940. The summed E-state index contributed by atoms with van der Waals surface area (Å²) in [5.41, 5.74) is 1.17. The van der Waals surface area contributed by atoms with Gasteiger partial charge in [-0.2, -0.15) is 0 Å². The summed E-state index contributed by atoms with van der Waals surface area (Å²) in [6.45, 7) is 10.4. The molecule has 0 unspecified atom stereocenters. The van der Waals surface area contributed by atoms with Gasteiger partial charge in [0.25, 0.3) is 0 Å². The maximum atomic E-state index is 5.22. The lowest BCUT2D eigenvalue weighted by molar-refractivity contribution is 0.320. The molecule has 1 heterocycles. The molecule has 0 N–H and O–H groups in total. The molecule has 0 spiro atoms. The summed E-state index contributed by atoms with van der Waals surface area (Å²) in [5.74, 6) is 0.782. The number of aliphatic imine (C=N–C) groups is 2. The summed E-state index contributed by atoms with van der Waals surface area (Å²) in [6, 6.07) is 0. The monoisotopic (exact) mass is 198 g/mol. The molecule has 0 aliphatic carbocycles. The maximum Gasteiger partial charge on any atom is 0.205 e. The first-order valence-electron chi connectivity index (χ1n) is 5.46. The Bertz CT molecular complexity index is 197. The molecule has 0 aromatic rings. The van der Waals surface area contributed by atoms with Crippen LogP contribution in [0.15, 0.2) is 9.98 Å². The fraction of sp³-hybridized carbons (Fsp3) is 0.818. The van der Waals surface area contributed by atoms with Gasteiger partial charge < -0.3 is 4.74 Å². The van der Waals surface area contributed by atoms with E-state index in [9.17, 15) is 0 Å². The highest BCUT2D eigenvalue weighted by Gasteiger charge is 2.05. The van der Waals surface area contributed by atoms with Gasteiger partial charge in [-0.1, -0.05) is 27.2 Å². The highest BCUT2D eigenvalue weighted by Crippen LogP contribution is 1.97. The van der Waals surface area contributed by atoms with Crippen molar-refractivity contribution in [1.29, 1.82) is 0 Å². The Hall–Kier alpha value is -0.860. The van der Waals surface area contributed by atoms with Gasteiger partial charge in [0.1, 0.15) is 6.54 Å². The third-order valence-electron chi connectivity index (χ3n) is 1.59. The second kappa shape index (κ2) is 8.73. The zero-order chi connectivity index (χ0) is 10.8. The Labute approximate surface area is 87.3 Å². The minimum Gasteiger partial charge on any atom is -0.480 e. The molecule has 0 radical (unpaired) electrons. The molecule has 14 heavy (non-hydrogen) atoms. The van der Waals surface area contributed by atoms with Crippen molar-refractivity contribution in [3.05, 3.63) is 0 Å². The average molecular weight is 198 g/mol. The molecular weight excluding hydrogens is 176 g/mol. The van der Waals surface area contributed by atoms with Gasteiger partial charge >= 0.3 is 0 Å². The summed E-state index contributed by atoms with van der Waals surface area (Å²) < 4.78 is 5.22. The highest BCUT2D eigenvalue weighted by atomic mass is 16.5. The van der Waals surface area contributed by atoms with Crippen LogP contribution in [0.1, 0.15) is 40.5 Å². The highest BCUT2D eigenvalue weighted by molar-refractivity contribution is 5.93. The van der Waals surface area contributed by atoms with Crippen LogP contribution < -0.4 is 0 Å². The summed E-state index contributed by atoms with van der Waals surface area (Å²) >= 11 is 0. The molecule has 0 aromatic carbocycles. The van der Waals surface area contributed by atoms with Gasteiger partial charge in [-0.25, -0.2) is 4.99 Å². The van der Waals surface area contributed by atoms with Crippen molar-refractivity contribution in [3.63, 3.8) is 0 Å². The number of nitrogens with zero attached hydrogens (tertiary/aromatic N) is 2. The molecule has 1 rings (SSSR count). The molecule has 0 amide bonds. The van der Waals surface area contributed by atoms with E-state index in [-0.39, 0.29) is 0 Å². The van der Waals surface area contributed by atoms with Crippen LogP contribution in [0.5, 0.6) is 0 Å². The van der Waals surface area contributed by atoms with Crippen LogP contribution in [-0.2, 0) is 4.74 Å². The van der Waals surface area contributed by atoms with Crippen LogP contribution >= 0.6 is 0 Å². The van der Waals surface area contributed by atoms with E-state index in [1.807, 2.05) is 6.92 Å². The Morgan fingerprint density at radius 1 is 1.07 bits per heavy atom. The lowest BCUT2D eigenvalue weighted by Crippen LogP contribution is -2.18. The number of hydrogen-bond donors (Lipinski definition) is 0. The van der Waals surface area contributed by atoms with E-state index in [2.05, 4.69) is 30.8 Å². The van der Waals surface area contributed by atoms with E-state index >= 15 is 0 Å². The second-order valence-corrected chi connectivity index (χ2v) is 3.09. The molecule has 0 bridgehead atoms. The van der Waals surface area contributed by atoms with Gasteiger partial charge in [0, 0.05) is 5.71 Å². The van der Waals surface area contributed by atoms with E-state index in [0.29, 0.717) is 13.2 Å². The van der Waals surface area contributed by atoms with Crippen LogP contribution in [0, 0.1) is 0 Å². The van der Waals surface area contributed by atoms with Gasteiger partial charge in [0.15, 0.2) is 0 Å². The molecule has 0 atom stereocenters. The Balaban J connectivity index is 0.000000500. The first-order chi connectivity index (χ1) is 6.78. The molecule has 0 saturated heterocycles. The topological polar surface area (TPSA) is 34.0 Å². The Morgan fingerprint density at radius 3 is 2.07 bits per heavy atom. The molecule has 0 aromatic heterocycles. The van der Waals surface area contributed by atoms with Crippen molar-refractivity contribution in [3.8, 4) is 0 Å². The van der Waals surface area contributed by atoms with Crippen molar-refractivity contribution in [2.75, 3.05) is 19.7 Å². The summed E-state index contributed by atoms with van der Waals surface area (Å²) in [7, 11) is 0. The number of rotatable bonds is 2. The van der Waals surface area contributed by atoms with Crippen molar-refractivity contribution < 1.29 is 4.74 Å². The van der Waals surface area contributed by atoms with Gasteiger partial charge in [-0.15, -0.1) is 0 Å². The molecule has 0 fully saturated rings. The smallest absolute Gasteiger partial charge is 0.205 e. The van der Waals surface area contributed by atoms with Crippen LogP contribution in [0.4, 0.5) is 0 Å². The molecular formula is C11H22N2O. The minimum absolute atomic E-state index is 0.636. The van der Waals surface area contributed by atoms with E-state index in [4.69, 9.17) is 4.74 Å². The molecule has 1 aliphatic rings. The predicted molar refractivity (Wildman–Crippen MR) is 62.5 cm³/mol. The lowest BCUT2D eigenvalue weighted by atomic mass is 10.3. The van der Waals surface area contributed by atoms with Crippen LogP contribution in [0.25, 0.3) is 0 Å². The van der Waals surface area contributed by atoms with Gasteiger partial charge in [0.2, 0.25) is 5.90 Å². The van der Waals surface area contributed by atoms with E-state index in [1.165, 1.54) is 12.1 Å². The zero-order valence-electron chi connectivity index (χ0n) is 9.84. The van der Waals surface area contributed by atoms with Crippen molar-refractivity contribution in [2.24, 2.45) is 9.98 Å². The first kappa shape index (κ1) is 13.1. The average Bonchev–Trinajstić information content (AvgIpc) is 2.21. The maximum absolute atomic E-state index is 5.22. The Morgan fingerprint density at radius 2 is 1.71 bits per heavy atom. The molecule has 3 heteroatoms. The largest absolute Gasteiger partial charge is 0.480 e. The van der Waals surface area contributed by atoms with E-state index < -0.39 is 0 Å². The van der Waals surface area contributed by atoms with Gasteiger partial charge in [-0.3, -0.25) is 4.99 Å². The summed E-state index contributed by atoms with van der Waals surface area (Å²) in [6.07, 6.45) is 2.25. The van der Waals surface area contributed by atoms with E-state index in [1.54, 1.807) is 0 Å². The third kappa shape index (κ3) is 5.73. The standard InChI is InChI=1S/C8H14N2O.C3H8/c1-3-7-5-10-8(6-9-7)11-4-2;1-3-2/h3-6H2,1-2H3;3H2,1-2H3. The zero-order valence-corrected chi connectivity index (χ0v) is 9.84. The number of ether oxygens (including phenoxy) is 1. The van der Waals surface area contributed by atoms with Gasteiger partial charge in [0.05, 0.1) is 13.2 Å². The van der Waals surface area contributed by atoms with Crippen molar-refractivity contribution in [1.82, 2.24) is 0 Å². The minimum atomic E-state index is 0.636. The first-order valence-corrected chi connectivity index (χ1v) is 5.46. The molecule has 1 aliphatic heterocycles. The second-order valence-electron chi connectivity index (χ2n) is 3.09. The van der Waals surface area contributed by atoms with Gasteiger partial charge in [-0.05, 0) is 13.3 Å². The predicted octanol–water partition coefficient (Wildman–Crippen LogP) is 2.70. The molecule has 82 valence electrons. The normalized spacial score (nSPS) is 14.9. The molecule has 0 saturated carbocycles. The number of hydrogen-bond acceptors (Lipinski definition) is 3. The molecule has 3 nitrogen and oxygen atoms in total. The third-order valence-corrected chi connectivity index (χ3v) is 1.59. The van der Waals surface area contributed by atoms with Crippen LogP contribution in [-0.4, -0.2) is 31.3 Å². The summed E-state index contributed by atoms with van der Waals surface area (Å²) in [5, 5.41) is 0. The SMILES string of the molecule is CCC.CCOC1=NCC(CC)=NC1. The Kier molecular flexibility index (Phi) is 8.19. The van der Waals surface area contributed by atoms with Crippen molar-refractivity contribution >= 4 is 11.6 Å². The van der Waals surface area contributed by atoms with Crippen molar-refractivity contribution in [2.45, 2.75) is 40.5 Å². The van der Waals surface area contributed by atoms with Crippen LogP contribution in [0.3, 0.4) is 0 Å². The lowest BCUT2D eigenvalue weighted by Gasteiger charge is -2.10. The fourth-order valence-corrected chi connectivity index (χ4v) is 0.940. The summed E-state index contributed by atoms with van der Waals surface area (Å²) in [4.78, 5) is 8.54.